The Morgan fingerprint density at radius 3 is 2.71 bits per heavy atom. The molecule has 0 aliphatic carbocycles. The molecule has 4 heteroatoms. The lowest BCUT2D eigenvalue weighted by atomic mass is 10.1. The highest BCUT2D eigenvalue weighted by atomic mass is 79.9. The molecule has 2 aromatic rings. The lowest BCUT2D eigenvalue weighted by Crippen LogP contribution is -2.03. The molecular formula is C13H12BrNO2. The van der Waals surface area contributed by atoms with Crippen LogP contribution in [-0.4, -0.2) is 18.1 Å². The largest absolute Gasteiger partial charge is 0.465 e. The van der Waals surface area contributed by atoms with Gasteiger partial charge in [-0.15, -0.1) is 0 Å². The van der Waals surface area contributed by atoms with Gasteiger partial charge in [-0.05, 0) is 18.2 Å². The van der Waals surface area contributed by atoms with Gasteiger partial charge in [0.2, 0.25) is 0 Å². The molecule has 88 valence electrons. The number of hydrogen-bond acceptors (Lipinski definition) is 2. The molecule has 0 amide bonds. The highest BCUT2D eigenvalue weighted by Gasteiger charge is 2.13. The van der Waals surface area contributed by atoms with Crippen LogP contribution in [0.25, 0.3) is 11.3 Å². The first-order valence-electron chi connectivity index (χ1n) is 5.18. The molecular weight excluding hydrogens is 282 g/mol. The Bertz CT molecular complexity index is 534. The van der Waals surface area contributed by atoms with Gasteiger partial charge in [-0.25, -0.2) is 4.79 Å². The summed E-state index contributed by atoms with van der Waals surface area (Å²) in [4.78, 5) is 14.9. The van der Waals surface area contributed by atoms with E-state index in [0.717, 1.165) is 22.3 Å². The molecule has 0 aliphatic rings. The van der Waals surface area contributed by atoms with Gasteiger partial charge in [0.1, 0.15) is 0 Å². The van der Waals surface area contributed by atoms with Crippen LogP contribution in [0, 0.1) is 0 Å². The molecule has 0 aliphatic heterocycles. The fourth-order valence-corrected chi connectivity index (χ4v) is 2.01. The molecule has 3 nitrogen and oxygen atoms in total. The van der Waals surface area contributed by atoms with Gasteiger partial charge in [0.15, 0.2) is 0 Å². The molecule has 0 atom stereocenters. The maximum Gasteiger partial charge on any atom is 0.338 e. The second kappa shape index (κ2) is 5.19. The topological polar surface area (TPSA) is 42.1 Å². The first kappa shape index (κ1) is 11.9. The number of carbonyl (C=O) groups excluding carboxylic acids is 1. The number of methoxy groups -OCH3 is 1. The van der Waals surface area contributed by atoms with Crippen LogP contribution >= 0.6 is 15.9 Å². The third kappa shape index (κ3) is 2.42. The Morgan fingerprint density at radius 1 is 1.29 bits per heavy atom. The number of nitrogens with one attached hydrogen (secondary N) is 1. The number of benzene rings is 1. The minimum atomic E-state index is -0.324. The molecule has 0 saturated heterocycles. The number of ether oxygens (including phenoxy) is 1. The highest BCUT2D eigenvalue weighted by molar-refractivity contribution is 9.08. The molecule has 0 spiro atoms. The standard InChI is InChI=1S/C13H12BrNO2/c1-17-13(16)11-5-3-2-4-10(11)12-7-6-9(8-14)15-12/h2-7,15H,8H2,1H3. The summed E-state index contributed by atoms with van der Waals surface area (Å²) in [6.07, 6.45) is 0. The van der Waals surface area contributed by atoms with Crippen molar-refractivity contribution in [2.45, 2.75) is 5.33 Å². The molecule has 0 bridgehead atoms. The van der Waals surface area contributed by atoms with E-state index in [2.05, 4.69) is 20.9 Å². The van der Waals surface area contributed by atoms with Crippen LogP contribution in [-0.2, 0) is 10.1 Å². The number of hydrogen-bond donors (Lipinski definition) is 1. The molecule has 0 unspecified atom stereocenters. The van der Waals surface area contributed by atoms with Crippen molar-refractivity contribution in [2.75, 3.05) is 7.11 Å². The second-order valence-electron chi connectivity index (χ2n) is 3.57. The maximum absolute atomic E-state index is 11.6. The van der Waals surface area contributed by atoms with Crippen LogP contribution < -0.4 is 0 Å². The number of aromatic amines is 1. The maximum atomic E-state index is 11.6. The predicted molar refractivity (Wildman–Crippen MR) is 70.2 cm³/mol. The molecule has 0 saturated carbocycles. The Labute approximate surface area is 108 Å². The van der Waals surface area contributed by atoms with Crippen molar-refractivity contribution in [1.82, 2.24) is 4.98 Å². The van der Waals surface area contributed by atoms with Crippen LogP contribution in [0.4, 0.5) is 0 Å². The van der Waals surface area contributed by atoms with Crippen molar-refractivity contribution in [1.29, 1.82) is 0 Å². The minimum Gasteiger partial charge on any atom is -0.465 e. The van der Waals surface area contributed by atoms with Gasteiger partial charge in [0, 0.05) is 22.3 Å². The molecule has 1 N–H and O–H groups in total. The second-order valence-corrected chi connectivity index (χ2v) is 4.13. The zero-order valence-electron chi connectivity index (χ0n) is 9.37. The summed E-state index contributed by atoms with van der Waals surface area (Å²) in [5, 5.41) is 0.757. The predicted octanol–water partition coefficient (Wildman–Crippen LogP) is 3.36. The summed E-state index contributed by atoms with van der Waals surface area (Å²) in [7, 11) is 1.39. The van der Waals surface area contributed by atoms with Gasteiger partial charge < -0.3 is 9.72 Å². The normalized spacial score (nSPS) is 10.2. The van der Waals surface area contributed by atoms with Crippen molar-refractivity contribution < 1.29 is 9.53 Å². The lowest BCUT2D eigenvalue weighted by Gasteiger charge is -2.05. The van der Waals surface area contributed by atoms with Gasteiger partial charge in [-0.2, -0.15) is 0 Å². The van der Waals surface area contributed by atoms with Gasteiger partial charge >= 0.3 is 5.97 Å². The molecule has 2 rings (SSSR count). The molecule has 1 aromatic heterocycles. The summed E-state index contributed by atoms with van der Waals surface area (Å²) < 4.78 is 4.77. The lowest BCUT2D eigenvalue weighted by molar-refractivity contribution is 0.0601. The summed E-state index contributed by atoms with van der Waals surface area (Å²) in [5.74, 6) is -0.324. The fraction of sp³-hybridized carbons (Fsp3) is 0.154. The molecule has 17 heavy (non-hydrogen) atoms. The summed E-state index contributed by atoms with van der Waals surface area (Å²) in [5.41, 5.74) is 3.41. The summed E-state index contributed by atoms with van der Waals surface area (Å²) in [6, 6.07) is 11.3. The molecule has 0 fully saturated rings. The van der Waals surface area contributed by atoms with Crippen LogP contribution in [0.2, 0.25) is 0 Å². The van der Waals surface area contributed by atoms with Gasteiger partial charge in [0.05, 0.1) is 12.7 Å². The van der Waals surface area contributed by atoms with Gasteiger partial charge in [-0.3, -0.25) is 0 Å². The van der Waals surface area contributed by atoms with E-state index in [1.54, 1.807) is 6.07 Å². The zero-order chi connectivity index (χ0) is 12.3. The number of halogens is 1. The number of aromatic nitrogens is 1. The Hall–Kier alpha value is -1.55. The van der Waals surface area contributed by atoms with Crippen molar-refractivity contribution in [3.8, 4) is 11.3 Å². The summed E-state index contributed by atoms with van der Waals surface area (Å²) in [6.45, 7) is 0. The van der Waals surface area contributed by atoms with Gasteiger partial charge in [0.25, 0.3) is 0 Å². The Balaban J connectivity index is 2.47. The molecule has 1 aromatic carbocycles. The van der Waals surface area contributed by atoms with Crippen LogP contribution in [0.3, 0.4) is 0 Å². The SMILES string of the molecule is COC(=O)c1ccccc1-c1ccc(CBr)[nH]1. The Morgan fingerprint density at radius 2 is 2.06 bits per heavy atom. The first-order chi connectivity index (χ1) is 8.26. The van der Waals surface area contributed by atoms with Gasteiger partial charge in [-0.1, -0.05) is 34.1 Å². The summed E-state index contributed by atoms with van der Waals surface area (Å²) >= 11 is 3.38. The quantitative estimate of drug-likeness (QED) is 0.696. The monoisotopic (exact) mass is 293 g/mol. The van der Waals surface area contributed by atoms with Crippen molar-refractivity contribution >= 4 is 21.9 Å². The zero-order valence-corrected chi connectivity index (χ0v) is 11.0. The average Bonchev–Trinajstić information content (AvgIpc) is 2.86. The molecule has 1 heterocycles. The molecule has 0 radical (unpaired) electrons. The number of alkyl halides is 1. The van der Waals surface area contributed by atoms with E-state index >= 15 is 0 Å². The number of H-pyrrole nitrogens is 1. The van der Waals surface area contributed by atoms with Crippen LogP contribution in [0.15, 0.2) is 36.4 Å². The van der Waals surface area contributed by atoms with Crippen molar-refractivity contribution in [3.63, 3.8) is 0 Å². The van der Waals surface area contributed by atoms with E-state index in [4.69, 9.17) is 4.74 Å². The van der Waals surface area contributed by atoms with Crippen LogP contribution in [0.5, 0.6) is 0 Å². The number of carbonyl (C=O) groups is 1. The number of esters is 1. The number of rotatable bonds is 3. The smallest absolute Gasteiger partial charge is 0.338 e. The van der Waals surface area contributed by atoms with E-state index in [-0.39, 0.29) is 5.97 Å². The van der Waals surface area contributed by atoms with E-state index in [0.29, 0.717) is 5.56 Å². The third-order valence-corrected chi connectivity index (χ3v) is 3.12. The van der Waals surface area contributed by atoms with Crippen LogP contribution in [0.1, 0.15) is 16.1 Å². The van der Waals surface area contributed by atoms with Crippen molar-refractivity contribution in [2.24, 2.45) is 0 Å². The highest BCUT2D eigenvalue weighted by Crippen LogP contribution is 2.24. The average molecular weight is 294 g/mol. The van der Waals surface area contributed by atoms with E-state index in [1.165, 1.54) is 7.11 Å². The van der Waals surface area contributed by atoms with E-state index in [1.807, 2.05) is 30.3 Å². The Kier molecular flexibility index (Phi) is 3.64. The van der Waals surface area contributed by atoms with Crippen molar-refractivity contribution in [3.05, 3.63) is 47.7 Å². The fourth-order valence-electron chi connectivity index (χ4n) is 1.68. The van der Waals surface area contributed by atoms with E-state index < -0.39 is 0 Å². The minimum absolute atomic E-state index is 0.324. The third-order valence-electron chi connectivity index (χ3n) is 2.51. The first-order valence-corrected chi connectivity index (χ1v) is 6.30. The van der Waals surface area contributed by atoms with E-state index in [9.17, 15) is 4.79 Å².